The van der Waals surface area contributed by atoms with Crippen LogP contribution in [0.3, 0.4) is 0 Å². The van der Waals surface area contributed by atoms with Crippen molar-refractivity contribution in [3.63, 3.8) is 0 Å². The van der Waals surface area contributed by atoms with Crippen LogP contribution >= 0.6 is 0 Å². The van der Waals surface area contributed by atoms with E-state index in [9.17, 15) is 9.59 Å². The van der Waals surface area contributed by atoms with Crippen LogP contribution in [0, 0.1) is 19.8 Å². The molecule has 2 atom stereocenters. The largest absolute Gasteiger partial charge is 0.324 e. The van der Waals surface area contributed by atoms with Gasteiger partial charge in [-0.2, -0.15) is 5.10 Å². The lowest BCUT2D eigenvalue weighted by molar-refractivity contribution is -0.132. The van der Waals surface area contributed by atoms with E-state index in [0.29, 0.717) is 0 Å². The van der Waals surface area contributed by atoms with E-state index in [4.69, 9.17) is 0 Å². The lowest BCUT2D eigenvalue weighted by Crippen LogP contribution is -2.56. The number of hydrogen-bond acceptors (Lipinski definition) is 4. The van der Waals surface area contributed by atoms with Crippen molar-refractivity contribution in [2.45, 2.75) is 45.7 Å². The minimum atomic E-state index is -0.775. The van der Waals surface area contributed by atoms with Gasteiger partial charge in [-0.3, -0.25) is 14.4 Å². The van der Waals surface area contributed by atoms with Gasteiger partial charge in [-0.15, -0.1) is 0 Å². The first-order chi connectivity index (χ1) is 11.3. The molecule has 0 radical (unpaired) electrons. The molecule has 3 amide bonds. The van der Waals surface area contributed by atoms with Crippen LogP contribution in [0.25, 0.3) is 0 Å². The molecule has 0 spiro atoms. The highest BCUT2D eigenvalue weighted by molar-refractivity contribution is 6.06. The van der Waals surface area contributed by atoms with Crippen molar-refractivity contribution in [3.05, 3.63) is 17.5 Å². The van der Waals surface area contributed by atoms with E-state index in [0.717, 1.165) is 44.7 Å². The Morgan fingerprint density at radius 2 is 2.08 bits per heavy atom. The van der Waals surface area contributed by atoms with Gasteiger partial charge in [0.15, 0.2) is 0 Å². The number of aromatic nitrogens is 2. The summed E-state index contributed by atoms with van der Waals surface area (Å²) in [5, 5.41) is 7.41. The molecule has 0 saturated carbocycles. The second kappa shape index (κ2) is 6.20. The number of rotatable bonds is 4. The zero-order chi connectivity index (χ0) is 17.5. The molecule has 3 rings (SSSR count). The highest BCUT2D eigenvalue weighted by Crippen LogP contribution is 2.31. The van der Waals surface area contributed by atoms with Crippen LogP contribution in [-0.4, -0.2) is 63.7 Å². The van der Waals surface area contributed by atoms with Gasteiger partial charge < -0.3 is 10.2 Å². The van der Waals surface area contributed by atoms with Gasteiger partial charge in [0.2, 0.25) is 0 Å². The van der Waals surface area contributed by atoms with Gasteiger partial charge in [-0.1, -0.05) is 0 Å². The molecule has 2 aliphatic rings. The first kappa shape index (κ1) is 17.0. The number of aryl methyl sites for hydroxylation is 2. The third-order valence-electron chi connectivity index (χ3n) is 5.47. The first-order valence-corrected chi connectivity index (χ1v) is 8.65. The molecule has 7 nitrogen and oxygen atoms in total. The second-order valence-electron chi connectivity index (χ2n) is 7.29. The monoisotopic (exact) mass is 333 g/mol. The molecule has 2 fully saturated rings. The summed E-state index contributed by atoms with van der Waals surface area (Å²) in [5.41, 5.74) is 1.44. The lowest BCUT2D eigenvalue weighted by Gasteiger charge is -2.39. The number of likely N-dealkylation sites (tertiary alicyclic amines) is 1. The van der Waals surface area contributed by atoms with E-state index >= 15 is 0 Å². The van der Waals surface area contributed by atoms with E-state index in [-0.39, 0.29) is 17.9 Å². The van der Waals surface area contributed by atoms with Crippen LogP contribution in [0.15, 0.2) is 6.07 Å². The first-order valence-electron chi connectivity index (χ1n) is 8.65. The Bertz CT molecular complexity index is 655. The maximum atomic E-state index is 12.5. The Balaban J connectivity index is 1.63. The van der Waals surface area contributed by atoms with Crippen LogP contribution in [-0.2, 0) is 11.3 Å². The number of nitrogens with zero attached hydrogens (tertiary/aromatic N) is 4. The number of carbonyl (C=O) groups is 2. The summed E-state index contributed by atoms with van der Waals surface area (Å²) in [5.74, 6) is 0.0333. The van der Waals surface area contributed by atoms with Gasteiger partial charge in [-0.05, 0) is 46.2 Å². The quantitative estimate of drug-likeness (QED) is 0.839. The molecule has 24 heavy (non-hydrogen) atoms. The summed E-state index contributed by atoms with van der Waals surface area (Å²) in [4.78, 5) is 27.9. The summed E-state index contributed by atoms with van der Waals surface area (Å²) in [6.45, 7) is 9.57. The number of hydrogen-bond donors (Lipinski definition) is 1. The van der Waals surface area contributed by atoms with Gasteiger partial charge in [0.25, 0.3) is 5.91 Å². The van der Waals surface area contributed by atoms with Crippen LogP contribution in [0.5, 0.6) is 0 Å². The van der Waals surface area contributed by atoms with Gasteiger partial charge in [0.05, 0.1) is 12.2 Å². The van der Waals surface area contributed by atoms with Crippen molar-refractivity contribution in [1.82, 2.24) is 24.9 Å². The molecule has 1 aromatic rings. The molecule has 132 valence electrons. The van der Waals surface area contributed by atoms with E-state index in [1.165, 1.54) is 10.6 Å². The Morgan fingerprint density at radius 3 is 2.67 bits per heavy atom. The number of urea groups is 1. The number of likely N-dealkylation sites (N-methyl/N-ethyl adjacent to an activating group) is 1. The number of imide groups is 1. The predicted molar refractivity (Wildman–Crippen MR) is 90.6 cm³/mol. The Labute approximate surface area is 143 Å². The van der Waals surface area contributed by atoms with E-state index in [2.05, 4.69) is 28.3 Å². The average Bonchev–Trinajstić information content (AvgIpc) is 2.98. The van der Waals surface area contributed by atoms with Crippen molar-refractivity contribution in [3.8, 4) is 0 Å². The van der Waals surface area contributed by atoms with Crippen molar-refractivity contribution < 1.29 is 9.59 Å². The summed E-state index contributed by atoms with van der Waals surface area (Å²) in [6, 6.07) is 1.80. The number of carbonyl (C=O) groups excluding carboxylic acids is 2. The van der Waals surface area contributed by atoms with Crippen molar-refractivity contribution in [2.24, 2.45) is 5.92 Å². The van der Waals surface area contributed by atoms with Crippen molar-refractivity contribution in [1.29, 1.82) is 0 Å². The van der Waals surface area contributed by atoms with Gasteiger partial charge >= 0.3 is 6.03 Å². The summed E-state index contributed by atoms with van der Waals surface area (Å²) in [7, 11) is 1.55. The molecule has 0 unspecified atom stereocenters. The highest BCUT2D eigenvalue weighted by Gasteiger charge is 2.51. The summed E-state index contributed by atoms with van der Waals surface area (Å²) < 4.78 is 2.04. The minimum Gasteiger partial charge on any atom is -0.323 e. The zero-order valence-corrected chi connectivity index (χ0v) is 15.0. The van der Waals surface area contributed by atoms with E-state index in [1.54, 1.807) is 7.05 Å². The fourth-order valence-electron chi connectivity index (χ4n) is 3.94. The Morgan fingerprint density at radius 1 is 1.33 bits per heavy atom. The van der Waals surface area contributed by atoms with E-state index < -0.39 is 5.54 Å². The van der Waals surface area contributed by atoms with Crippen molar-refractivity contribution >= 4 is 11.9 Å². The van der Waals surface area contributed by atoms with Gasteiger partial charge in [0, 0.05) is 31.7 Å². The van der Waals surface area contributed by atoms with Gasteiger partial charge in [0.1, 0.15) is 5.54 Å². The van der Waals surface area contributed by atoms with Crippen LogP contribution in [0.1, 0.15) is 31.2 Å². The third kappa shape index (κ3) is 2.92. The highest BCUT2D eigenvalue weighted by atomic mass is 16.2. The smallest absolute Gasteiger partial charge is 0.323 e. The van der Waals surface area contributed by atoms with Gasteiger partial charge in [-0.25, -0.2) is 4.79 Å². The second-order valence-corrected chi connectivity index (χ2v) is 7.29. The number of piperidine rings is 1. The number of amides is 3. The Kier molecular flexibility index (Phi) is 4.38. The molecule has 7 heteroatoms. The maximum absolute atomic E-state index is 12.5. The molecule has 0 bridgehead atoms. The molecule has 0 aliphatic carbocycles. The molecular weight excluding hydrogens is 306 g/mol. The molecule has 1 N–H and O–H groups in total. The molecule has 2 aliphatic heterocycles. The third-order valence-corrected chi connectivity index (χ3v) is 5.47. The van der Waals surface area contributed by atoms with Crippen LogP contribution < -0.4 is 5.32 Å². The Hall–Kier alpha value is -1.89. The standard InChI is InChI=1S/C17H27N5O2/c1-12-10-13(2)22(19-12)9-8-21-7-5-6-14(11-21)17(3)15(23)20(4)16(24)18-17/h10,14H,5-9,11H2,1-4H3,(H,18,24)/t14-,17-/m1/s1. The van der Waals surface area contributed by atoms with Crippen LogP contribution in [0.2, 0.25) is 0 Å². The van der Waals surface area contributed by atoms with E-state index in [1.807, 2.05) is 18.5 Å². The summed E-state index contributed by atoms with van der Waals surface area (Å²) in [6.07, 6.45) is 2.01. The molecular formula is C17H27N5O2. The average molecular weight is 333 g/mol. The lowest BCUT2D eigenvalue weighted by atomic mass is 9.80. The zero-order valence-electron chi connectivity index (χ0n) is 15.0. The normalized spacial score (nSPS) is 28.5. The maximum Gasteiger partial charge on any atom is 0.324 e. The summed E-state index contributed by atoms with van der Waals surface area (Å²) >= 11 is 0. The number of nitrogens with one attached hydrogen (secondary N) is 1. The molecule has 3 heterocycles. The predicted octanol–water partition coefficient (Wildman–Crippen LogP) is 1.15. The van der Waals surface area contributed by atoms with Crippen LogP contribution in [0.4, 0.5) is 4.79 Å². The topological polar surface area (TPSA) is 70.5 Å². The minimum absolute atomic E-state index is 0.113. The fourth-order valence-corrected chi connectivity index (χ4v) is 3.94. The fraction of sp³-hybridized carbons (Fsp3) is 0.706. The SMILES string of the molecule is Cc1cc(C)n(CCN2CCC[C@@H]([C@@]3(C)NC(=O)N(C)C3=O)C2)n1. The molecule has 1 aromatic heterocycles. The van der Waals surface area contributed by atoms with Crippen molar-refractivity contribution in [2.75, 3.05) is 26.7 Å². The molecule has 2 saturated heterocycles. The molecule has 0 aromatic carbocycles.